The maximum Gasteiger partial charge on any atom is 0.162 e. The summed E-state index contributed by atoms with van der Waals surface area (Å²) in [4.78, 5) is 2.48. The summed E-state index contributed by atoms with van der Waals surface area (Å²) in [6, 6.07) is 2.48. The van der Waals surface area contributed by atoms with Crippen LogP contribution in [-0.2, 0) is 17.9 Å². The first-order valence-electron chi connectivity index (χ1n) is 8.13. The number of ether oxygens (including phenoxy) is 1. The summed E-state index contributed by atoms with van der Waals surface area (Å²) in [5.74, 6) is 1.22. The van der Waals surface area contributed by atoms with Crippen molar-refractivity contribution in [3.8, 4) is 0 Å². The zero-order chi connectivity index (χ0) is 14.7. The highest BCUT2D eigenvalue weighted by atomic mass is 16.5. The molecule has 1 aromatic rings. The molecule has 3 atom stereocenters. The van der Waals surface area contributed by atoms with Crippen LogP contribution in [0.5, 0.6) is 0 Å². The Morgan fingerprint density at radius 3 is 3.00 bits per heavy atom. The van der Waals surface area contributed by atoms with Gasteiger partial charge in [0.1, 0.15) is 6.61 Å². The first-order valence-corrected chi connectivity index (χ1v) is 8.13. The molecule has 2 fully saturated rings. The minimum atomic E-state index is -0.120. The van der Waals surface area contributed by atoms with Crippen LogP contribution in [0.25, 0.3) is 0 Å². The standard InChI is InChI=1S/C16H26N2O3/c1-20-11-13-9-12(17-21-13)10-18-8-4-6-15(18)14-5-2-3-7-16(14)19/h9,14-16,19H,2-8,10-11H2,1H3. The summed E-state index contributed by atoms with van der Waals surface area (Å²) in [5, 5.41) is 14.4. The van der Waals surface area contributed by atoms with Crippen LogP contribution in [0.15, 0.2) is 10.6 Å². The zero-order valence-corrected chi connectivity index (χ0v) is 12.8. The van der Waals surface area contributed by atoms with Crippen LogP contribution < -0.4 is 0 Å². The molecule has 1 saturated carbocycles. The molecule has 2 aliphatic rings. The molecule has 1 aliphatic carbocycles. The average Bonchev–Trinajstić information content (AvgIpc) is 3.10. The Labute approximate surface area is 126 Å². The lowest BCUT2D eigenvalue weighted by molar-refractivity contribution is 0.0197. The van der Waals surface area contributed by atoms with Crippen LogP contribution in [0, 0.1) is 5.92 Å². The van der Waals surface area contributed by atoms with Gasteiger partial charge in [-0.15, -0.1) is 0 Å². The van der Waals surface area contributed by atoms with E-state index in [1.165, 1.54) is 25.7 Å². The van der Waals surface area contributed by atoms with Crippen LogP contribution in [0.3, 0.4) is 0 Å². The number of hydrogen-bond acceptors (Lipinski definition) is 5. The smallest absolute Gasteiger partial charge is 0.162 e. The summed E-state index contributed by atoms with van der Waals surface area (Å²) < 4.78 is 10.3. The van der Waals surface area contributed by atoms with E-state index in [0.29, 0.717) is 18.6 Å². The van der Waals surface area contributed by atoms with E-state index >= 15 is 0 Å². The molecule has 3 rings (SSSR count). The molecule has 2 heterocycles. The summed E-state index contributed by atoms with van der Waals surface area (Å²) in [7, 11) is 1.66. The second kappa shape index (κ2) is 6.90. The van der Waals surface area contributed by atoms with E-state index in [0.717, 1.165) is 37.4 Å². The summed E-state index contributed by atoms with van der Waals surface area (Å²) in [6.07, 6.45) is 6.86. The van der Waals surface area contributed by atoms with Crippen LogP contribution >= 0.6 is 0 Å². The Morgan fingerprint density at radius 2 is 2.19 bits per heavy atom. The lowest BCUT2D eigenvalue weighted by Crippen LogP contribution is -2.42. The average molecular weight is 294 g/mol. The van der Waals surface area contributed by atoms with Gasteiger partial charge in [-0.05, 0) is 32.2 Å². The molecule has 1 saturated heterocycles. The van der Waals surface area contributed by atoms with E-state index in [2.05, 4.69) is 10.1 Å². The summed E-state index contributed by atoms with van der Waals surface area (Å²) in [6.45, 7) is 2.39. The molecule has 5 nitrogen and oxygen atoms in total. The molecular weight excluding hydrogens is 268 g/mol. The Bertz CT molecular complexity index is 448. The highest BCUT2D eigenvalue weighted by Crippen LogP contribution is 2.35. The van der Waals surface area contributed by atoms with Gasteiger partial charge >= 0.3 is 0 Å². The topological polar surface area (TPSA) is 58.7 Å². The van der Waals surface area contributed by atoms with Gasteiger partial charge in [0, 0.05) is 31.7 Å². The fraction of sp³-hybridized carbons (Fsp3) is 0.812. The molecule has 0 bridgehead atoms. The van der Waals surface area contributed by atoms with Crippen LogP contribution in [0.4, 0.5) is 0 Å². The third-order valence-corrected chi connectivity index (χ3v) is 4.95. The Hall–Kier alpha value is -0.910. The first-order chi connectivity index (χ1) is 10.3. The second-order valence-electron chi connectivity index (χ2n) is 6.41. The van der Waals surface area contributed by atoms with Crippen molar-refractivity contribution < 1.29 is 14.4 Å². The Morgan fingerprint density at radius 1 is 1.33 bits per heavy atom. The van der Waals surface area contributed by atoms with Gasteiger partial charge in [0.15, 0.2) is 5.76 Å². The number of hydrogen-bond donors (Lipinski definition) is 1. The van der Waals surface area contributed by atoms with Crippen LogP contribution in [0.1, 0.15) is 50.0 Å². The van der Waals surface area contributed by atoms with Gasteiger partial charge in [0.05, 0.1) is 11.8 Å². The minimum Gasteiger partial charge on any atom is -0.393 e. The third-order valence-electron chi connectivity index (χ3n) is 4.95. The molecule has 5 heteroatoms. The van der Waals surface area contributed by atoms with E-state index in [1.807, 2.05) is 6.07 Å². The molecule has 0 radical (unpaired) electrons. The molecular formula is C16H26N2O3. The van der Waals surface area contributed by atoms with Gasteiger partial charge in [-0.3, -0.25) is 4.90 Å². The van der Waals surface area contributed by atoms with Crippen molar-refractivity contribution in [1.29, 1.82) is 0 Å². The fourth-order valence-corrected chi connectivity index (χ4v) is 3.97. The zero-order valence-electron chi connectivity index (χ0n) is 12.8. The fourth-order valence-electron chi connectivity index (χ4n) is 3.97. The van der Waals surface area contributed by atoms with E-state index in [9.17, 15) is 5.11 Å². The van der Waals surface area contributed by atoms with Crippen molar-refractivity contribution >= 4 is 0 Å². The lowest BCUT2D eigenvalue weighted by atomic mass is 9.80. The summed E-state index contributed by atoms with van der Waals surface area (Å²) >= 11 is 0. The monoisotopic (exact) mass is 294 g/mol. The molecule has 1 N–H and O–H groups in total. The van der Waals surface area contributed by atoms with Crippen molar-refractivity contribution in [3.05, 3.63) is 17.5 Å². The number of methoxy groups -OCH3 is 1. The SMILES string of the molecule is COCc1cc(CN2CCCC2C2CCCCC2O)no1. The molecule has 21 heavy (non-hydrogen) atoms. The number of aliphatic hydroxyl groups is 1. The molecule has 1 aliphatic heterocycles. The van der Waals surface area contributed by atoms with Crippen molar-refractivity contribution in [1.82, 2.24) is 10.1 Å². The Kier molecular flexibility index (Phi) is 4.93. The molecule has 0 amide bonds. The van der Waals surface area contributed by atoms with Crippen molar-refractivity contribution in [2.24, 2.45) is 5.92 Å². The predicted molar refractivity (Wildman–Crippen MR) is 78.6 cm³/mol. The van der Waals surface area contributed by atoms with E-state index in [4.69, 9.17) is 9.26 Å². The highest BCUT2D eigenvalue weighted by Gasteiger charge is 2.37. The van der Waals surface area contributed by atoms with E-state index < -0.39 is 0 Å². The molecule has 118 valence electrons. The van der Waals surface area contributed by atoms with E-state index in [-0.39, 0.29) is 6.10 Å². The van der Waals surface area contributed by atoms with Gasteiger partial charge in [-0.2, -0.15) is 0 Å². The number of aromatic nitrogens is 1. The summed E-state index contributed by atoms with van der Waals surface area (Å²) in [5.41, 5.74) is 0.972. The predicted octanol–water partition coefficient (Wildman–Crippen LogP) is 2.34. The third kappa shape index (κ3) is 3.47. The largest absolute Gasteiger partial charge is 0.393 e. The number of likely N-dealkylation sites (tertiary alicyclic amines) is 1. The first kappa shape index (κ1) is 15.0. The van der Waals surface area contributed by atoms with Gasteiger partial charge in [0.25, 0.3) is 0 Å². The minimum absolute atomic E-state index is 0.120. The van der Waals surface area contributed by atoms with Crippen molar-refractivity contribution in [2.45, 2.75) is 63.8 Å². The van der Waals surface area contributed by atoms with Gasteiger partial charge < -0.3 is 14.4 Å². The normalized spacial score (nSPS) is 30.9. The maximum atomic E-state index is 10.3. The number of aliphatic hydroxyl groups excluding tert-OH is 1. The maximum absolute atomic E-state index is 10.3. The van der Waals surface area contributed by atoms with Gasteiger partial charge in [-0.1, -0.05) is 18.0 Å². The van der Waals surface area contributed by atoms with Crippen LogP contribution in [-0.4, -0.2) is 41.0 Å². The van der Waals surface area contributed by atoms with Gasteiger partial charge in [-0.25, -0.2) is 0 Å². The molecule has 0 aromatic carbocycles. The van der Waals surface area contributed by atoms with Crippen LogP contribution in [0.2, 0.25) is 0 Å². The van der Waals surface area contributed by atoms with Gasteiger partial charge in [0.2, 0.25) is 0 Å². The van der Waals surface area contributed by atoms with E-state index in [1.54, 1.807) is 7.11 Å². The second-order valence-corrected chi connectivity index (χ2v) is 6.41. The number of nitrogens with zero attached hydrogens (tertiary/aromatic N) is 2. The lowest BCUT2D eigenvalue weighted by Gasteiger charge is -2.37. The van der Waals surface area contributed by atoms with Crippen molar-refractivity contribution in [3.63, 3.8) is 0 Å². The Balaban J connectivity index is 1.63. The van der Waals surface area contributed by atoms with Crippen molar-refractivity contribution in [2.75, 3.05) is 13.7 Å². The molecule has 0 spiro atoms. The number of rotatable bonds is 5. The molecule has 1 aromatic heterocycles. The highest BCUT2D eigenvalue weighted by molar-refractivity contribution is 5.05. The quantitative estimate of drug-likeness (QED) is 0.903. The molecule has 3 unspecified atom stereocenters.